The van der Waals surface area contributed by atoms with Gasteiger partial charge in [0.15, 0.2) is 0 Å². The number of carbonyl (C=O) groups is 1. The lowest BCUT2D eigenvalue weighted by Crippen LogP contribution is -2.32. The highest BCUT2D eigenvalue weighted by Crippen LogP contribution is 2.10. The lowest BCUT2D eigenvalue weighted by Gasteiger charge is -2.05. The molecular weight excluding hydrogens is 120 g/mol. The van der Waals surface area contributed by atoms with Crippen molar-refractivity contribution in [2.75, 3.05) is 0 Å². The minimum absolute atomic E-state index is 0.109. The predicted octanol–water partition coefficient (Wildman–Crippen LogP) is -0.631. The molecule has 0 bridgehead atoms. The maximum Gasteiger partial charge on any atom is 0.262 e. The summed E-state index contributed by atoms with van der Waals surface area (Å²) in [7, 11) is 0. The van der Waals surface area contributed by atoms with Crippen LogP contribution in [0, 0.1) is 5.92 Å². The third-order valence-corrected chi connectivity index (χ3v) is 1.16. The fourth-order valence-electron chi connectivity index (χ4n) is 0.628. The van der Waals surface area contributed by atoms with Crippen molar-refractivity contribution in [3.8, 4) is 0 Å². The smallest absolute Gasteiger partial charge is 0.262 e. The molecule has 0 saturated carbocycles. The van der Waals surface area contributed by atoms with Crippen LogP contribution in [0.2, 0.25) is 0 Å². The molecule has 1 aliphatic rings. The molecule has 2 atom stereocenters. The maximum absolute atomic E-state index is 10.4. The fourth-order valence-corrected chi connectivity index (χ4v) is 0.628. The number of carbonyl (C=O) groups excluding carboxylic acids is 1. The van der Waals surface area contributed by atoms with Crippen LogP contribution in [-0.4, -0.2) is 18.2 Å². The first kappa shape index (κ1) is 6.07. The second-order valence-electron chi connectivity index (χ2n) is 1.94. The summed E-state index contributed by atoms with van der Waals surface area (Å²) >= 11 is 0. The van der Waals surface area contributed by atoms with Gasteiger partial charge in [-0.1, -0.05) is 12.1 Å². The van der Waals surface area contributed by atoms with Gasteiger partial charge in [0, 0.05) is 0 Å². The van der Waals surface area contributed by atoms with Gasteiger partial charge in [-0.3, -0.25) is 4.79 Å². The first-order valence-corrected chi connectivity index (χ1v) is 2.62. The number of amides is 1. The van der Waals surface area contributed by atoms with Crippen molar-refractivity contribution in [2.24, 2.45) is 16.8 Å². The fraction of sp³-hybridized carbons (Fsp3) is 0.600. The van der Waals surface area contributed by atoms with Crippen LogP contribution >= 0.6 is 0 Å². The van der Waals surface area contributed by atoms with Gasteiger partial charge in [0.05, 0.1) is 5.92 Å². The summed E-state index contributed by atoms with van der Waals surface area (Å²) in [4.78, 5) is 15.0. The Bertz CT molecular complexity index is 155. The van der Waals surface area contributed by atoms with Crippen molar-refractivity contribution in [1.82, 2.24) is 0 Å². The summed E-state index contributed by atoms with van der Waals surface area (Å²) in [6.07, 6.45) is 1.95. The highest BCUT2D eigenvalue weighted by molar-refractivity contribution is 5.84. The summed E-state index contributed by atoms with van der Waals surface area (Å²) in [6.45, 7) is 1.77. The number of primary amides is 1. The normalized spacial score (nSPS) is 32.1. The van der Waals surface area contributed by atoms with Crippen molar-refractivity contribution in [3.05, 3.63) is 0 Å². The molecule has 49 valence electrons. The standard InChI is InChI=1S/C5H7N2O2/c1-3-2-7-9-4(3)5(6)8/h3-4H,1H3,(H2,6,8). The molecule has 9 heavy (non-hydrogen) atoms. The molecule has 1 amide bonds. The van der Waals surface area contributed by atoms with Crippen LogP contribution in [-0.2, 0) is 9.63 Å². The van der Waals surface area contributed by atoms with Crippen LogP contribution in [0.25, 0.3) is 0 Å². The lowest BCUT2D eigenvalue weighted by atomic mass is 10.1. The van der Waals surface area contributed by atoms with E-state index in [0.29, 0.717) is 0 Å². The zero-order chi connectivity index (χ0) is 6.85. The minimum Gasteiger partial charge on any atom is -0.381 e. The summed E-state index contributed by atoms with van der Waals surface area (Å²) in [6, 6.07) is 0. The first-order valence-electron chi connectivity index (χ1n) is 2.62. The van der Waals surface area contributed by atoms with E-state index in [1.54, 1.807) is 6.92 Å². The van der Waals surface area contributed by atoms with Crippen molar-refractivity contribution < 1.29 is 9.63 Å². The summed E-state index contributed by atoms with van der Waals surface area (Å²) in [5, 5.41) is 3.32. The Morgan fingerprint density at radius 2 is 2.56 bits per heavy atom. The van der Waals surface area contributed by atoms with Crippen LogP contribution < -0.4 is 5.73 Å². The van der Waals surface area contributed by atoms with Gasteiger partial charge < -0.3 is 10.6 Å². The Balaban J connectivity index is 2.55. The van der Waals surface area contributed by atoms with Gasteiger partial charge in [0.25, 0.3) is 5.91 Å². The average Bonchev–Trinajstić information content (AvgIpc) is 2.13. The van der Waals surface area contributed by atoms with Crippen LogP contribution in [0.4, 0.5) is 0 Å². The molecule has 0 aromatic heterocycles. The summed E-state index contributed by atoms with van der Waals surface area (Å²) in [5.74, 6) is -0.598. The molecule has 1 heterocycles. The Morgan fingerprint density at radius 1 is 1.89 bits per heavy atom. The molecule has 0 spiro atoms. The van der Waals surface area contributed by atoms with Crippen LogP contribution in [0.1, 0.15) is 6.92 Å². The van der Waals surface area contributed by atoms with Gasteiger partial charge in [-0.15, -0.1) is 0 Å². The van der Waals surface area contributed by atoms with Crippen LogP contribution in [0.5, 0.6) is 0 Å². The van der Waals surface area contributed by atoms with E-state index in [-0.39, 0.29) is 5.92 Å². The second kappa shape index (κ2) is 2.05. The van der Waals surface area contributed by atoms with Crippen molar-refractivity contribution in [3.63, 3.8) is 0 Å². The maximum atomic E-state index is 10.4. The molecule has 2 N–H and O–H groups in total. The van der Waals surface area contributed by atoms with E-state index < -0.39 is 12.0 Å². The Labute approximate surface area is 52.7 Å². The van der Waals surface area contributed by atoms with Gasteiger partial charge >= 0.3 is 0 Å². The molecule has 4 heteroatoms. The largest absolute Gasteiger partial charge is 0.381 e. The summed E-state index contributed by atoms with van der Waals surface area (Å²) in [5.41, 5.74) is 4.92. The molecular formula is C5H7N2O2. The quantitative estimate of drug-likeness (QED) is 0.509. The van der Waals surface area contributed by atoms with Crippen molar-refractivity contribution in [2.45, 2.75) is 13.0 Å². The van der Waals surface area contributed by atoms with Crippen molar-refractivity contribution in [1.29, 1.82) is 0 Å². The molecule has 4 nitrogen and oxygen atoms in total. The third-order valence-electron chi connectivity index (χ3n) is 1.16. The van der Waals surface area contributed by atoms with E-state index in [1.807, 2.05) is 0 Å². The highest BCUT2D eigenvalue weighted by atomic mass is 16.6. The van der Waals surface area contributed by atoms with Crippen LogP contribution in [0.3, 0.4) is 0 Å². The Hall–Kier alpha value is -1.06. The molecule has 0 saturated heterocycles. The molecule has 1 radical (unpaired) electrons. The van der Waals surface area contributed by atoms with Gasteiger partial charge in [0.2, 0.25) is 6.10 Å². The lowest BCUT2D eigenvalue weighted by molar-refractivity contribution is -0.129. The van der Waals surface area contributed by atoms with E-state index in [2.05, 4.69) is 16.2 Å². The Kier molecular flexibility index (Phi) is 1.38. The molecule has 0 aromatic carbocycles. The van der Waals surface area contributed by atoms with E-state index in [1.165, 1.54) is 0 Å². The molecule has 2 unspecified atom stereocenters. The third kappa shape index (κ3) is 1.01. The zero-order valence-electron chi connectivity index (χ0n) is 5.00. The molecule has 0 aliphatic carbocycles. The van der Waals surface area contributed by atoms with Crippen molar-refractivity contribution >= 4 is 12.1 Å². The number of hydrogen-bond acceptors (Lipinski definition) is 3. The number of nitrogens with zero attached hydrogens (tertiary/aromatic N) is 1. The number of nitrogens with two attached hydrogens (primary N) is 1. The topological polar surface area (TPSA) is 64.7 Å². The van der Waals surface area contributed by atoms with E-state index in [4.69, 9.17) is 5.73 Å². The molecule has 1 aliphatic heterocycles. The first-order chi connectivity index (χ1) is 4.22. The highest BCUT2D eigenvalue weighted by Gasteiger charge is 2.28. The predicted molar refractivity (Wildman–Crippen MR) is 30.7 cm³/mol. The molecule has 0 fully saturated rings. The van der Waals surface area contributed by atoms with Gasteiger partial charge in [0.1, 0.15) is 6.21 Å². The van der Waals surface area contributed by atoms with Gasteiger partial charge in [-0.25, -0.2) is 0 Å². The molecule has 0 aromatic rings. The van der Waals surface area contributed by atoms with Gasteiger partial charge in [-0.2, -0.15) is 0 Å². The SMILES string of the molecule is CC1[C]=NOC1C(N)=O. The average molecular weight is 127 g/mol. The van der Waals surface area contributed by atoms with Gasteiger partial charge in [-0.05, 0) is 0 Å². The van der Waals surface area contributed by atoms with E-state index in [0.717, 1.165) is 0 Å². The molecule has 1 rings (SSSR count). The Morgan fingerprint density at radius 3 is 2.78 bits per heavy atom. The van der Waals surface area contributed by atoms with Crippen LogP contribution in [0.15, 0.2) is 5.16 Å². The minimum atomic E-state index is -0.606. The number of rotatable bonds is 1. The second-order valence-corrected chi connectivity index (χ2v) is 1.94. The number of hydrogen-bond donors (Lipinski definition) is 1. The zero-order valence-corrected chi connectivity index (χ0v) is 5.00. The van der Waals surface area contributed by atoms with E-state index >= 15 is 0 Å². The van der Waals surface area contributed by atoms with E-state index in [9.17, 15) is 4.79 Å². The summed E-state index contributed by atoms with van der Waals surface area (Å²) < 4.78 is 0. The monoisotopic (exact) mass is 127 g/mol.